The standard InChI is InChI=1S/C8H8N2O2S/c9-3-1-6(10)5-2-4-13-7(5)8(11)12/h2,4,6H,1,10H2,(H,11,12)/t6-/m1/s1. The summed E-state index contributed by atoms with van der Waals surface area (Å²) in [6.07, 6.45) is 0.136. The first-order chi connectivity index (χ1) is 6.16. The quantitative estimate of drug-likeness (QED) is 0.764. The fourth-order valence-electron chi connectivity index (χ4n) is 0.993. The number of carbonyl (C=O) groups is 1. The van der Waals surface area contributed by atoms with Gasteiger partial charge in [0.2, 0.25) is 0 Å². The van der Waals surface area contributed by atoms with Crippen LogP contribution in [-0.2, 0) is 0 Å². The molecule has 0 amide bonds. The van der Waals surface area contributed by atoms with Gasteiger partial charge >= 0.3 is 5.97 Å². The zero-order valence-electron chi connectivity index (χ0n) is 6.73. The Morgan fingerprint density at radius 3 is 3.08 bits per heavy atom. The number of rotatable bonds is 3. The summed E-state index contributed by atoms with van der Waals surface area (Å²) in [5, 5.41) is 18.8. The Kier molecular flexibility index (Phi) is 3.01. The predicted molar refractivity (Wildman–Crippen MR) is 48.4 cm³/mol. The summed E-state index contributed by atoms with van der Waals surface area (Å²) in [6.45, 7) is 0. The first-order valence-corrected chi connectivity index (χ1v) is 4.48. The van der Waals surface area contributed by atoms with E-state index < -0.39 is 12.0 Å². The fraction of sp³-hybridized carbons (Fsp3) is 0.250. The maximum Gasteiger partial charge on any atom is 0.346 e. The molecule has 68 valence electrons. The second-order valence-electron chi connectivity index (χ2n) is 2.48. The average molecular weight is 196 g/mol. The maximum atomic E-state index is 10.7. The van der Waals surface area contributed by atoms with Gasteiger partial charge in [-0.15, -0.1) is 11.3 Å². The van der Waals surface area contributed by atoms with Gasteiger partial charge in [0.05, 0.1) is 12.5 Å². The second-order valence-corrected chi connectivity index (χ2v) is 3.40. The highest BCUT2D eigenvalue weighted by atomic mass is 32.1. The summed E-state index contributed by atoms with van der Waals surface area (Å²) in [5.41, 5.74) is 6.15. The summed E-state index contributed by atoms with van der Waals surface area (Å²) in [5.74, 6) is -0.988. The number of aromatic carboxylic acids is 1. The van der Waals surface area contributed by atoms with Crippen LogP contribution in [0, 0.1) is 11.3 Å². The molecule has 4 nitrogen and oxygen atoms in total. The molecule has 1 aromatic heterocycles. The van der Waals surface area contributed by atoms with Gasteiger partial charge in [0.1, 0.15) is 4.88 Å². The molecule has 1 rings (SSSR count). The monoisotopic (exact) mass is 196 g/mol. The van der Waals surface area contributed by atoms with E-state index in [0.717, 1.165) is 11.3 Å². The summed E-state index contributed by atoms with van der Waals surface area (Å²) in [6, 6.07) is 3.06. The van der Waals surface area contributed by atoms with E-state index in [4.69, 9.17) is 16.1 Å². The van der Waals surface area contributed by atoms with E-state index >= 15 is 0 Å². The van der Waals surface area contributed by atoms with Gasteiger partial charge in [-0.1, -0.05) is 0 Å². The molecule has 0 aliphatic heterocycles. The molecule has 0 saturated heterocycles. The average Bonchev–Trinajstić information content (AvgIpc) is 2.52. The van der Waals surface area contributed by atoms with E-state index in [0.29, 0.717) is 5.56 Å². The largest absolute Gasteiger partial charge is 0.477 e. The number of carboxylic acids is 1. The Hall–Kier alpha value is -1.38. The van der Waals surface area contributed by atoms with Gasteiger partial charge in [0.15, 0.2) is 0 Å². The molecule has 0 bridgehead atoms. The Labute approximate surface area is 79.2 Å². The van der Waals surface area contributed by atoms with E-state index in [1.54, 1.807) is 11.4 Å². The molecule has 13 heavy (non-hydrogen) atoms. The number of hydrogen-bond donors (Lipinski definition) is 2. The van der Waals surface area contributed by atoms with E-state index in [1.807, 2.05) is 6.07 Å². The number of carboxylic acid groups (broad SMARTS) is 1. The minimum atomic E-state index is -0.988. The number of nitriles is 1. The summed E-state index contributed by atoms with van der Waals surface area (Å²) >= 11 is 1.12. The van der Waals surface area contributed by atoms with Gasteiger partial charge in [-0.05, 0) is 17.0 Å². The third kappa shape index (κ3) is 2.05. The highest BCUT2D eigenvalue weighted by molar-refractivity contribution is 7.12. The smallest absolute Gasteiger partial charge is 0.346 e. The van der Waals surface area contributed by atoms with Gasteiger partial charge in [0.25, 0.3) is 0 Å². The lowest BCUT2D eigenvalue weighted by Gasteiger charge is -2.05. The normalized spacial score (nSPS) is 12.0. The van der Waals surface area contributed by atoms with Crippen molar-refractivity contribution < 1.29 is 9.90 Å². The zero-order chi connectivity index (χ0) is 9.84. The third-order valence-electron chi connectivity index (χ3n) is 1.60. The van der Waals surface area contributed by atoms with Crippen molar-refractivity contribution in [3.63, 3.8) is 0 Å². The van der Waals surface area contributed by atoms with Crippen molar-refractivity contribution in [3.8, 4) is 6.07 Å². The molecular weight excluding hydrogens is 188 g/mol. The van der Waals surface area contributed by atoms with Gasteiger partial charge in [-0.3, -0.25) is 0 Å². The summed E-state index contributed by atoms with van der Waals surface area (Å²) in [4.78, 5) is 10.9. The van der Waals surface area contributed by atoms with Crippen molar-refractivity contribution in [3.05, 3.63) is 21.9 Å². The van der Waals surface area contributed by atoms with Gasteiger partial charge in [-0.2, -0.15) is 5.26 Å². The molecule has 3 N–H and O–H groups in total. The lowest BCUT2D eigenvalue weighted by Crippen LogP contribution is -2.11. The highest BCUT2D eigenvalue weighted by Gasteiger charge is 2.16. The van der Waals surface area contributed by atoms with Gasteiger partial charge < -0.3 is 10.8 Å². The van der Waals surface area contributed by atoms with Crippen LogP contribution < -0.4 is 5.73 Å². The molecule has 5 heteroatoms. The van der Waals surface area contributed by atoms with Crippen molar-refractivity contribution >= 4 is 17.3 Å². The molecule has 0 radical (unpaired) electrons. The van der Waals surface area contributed by atoms with Crippen molar-refractivity contribution in [2.75, 3.05) is 0 Å². The molecule has 1 aromatic rings. The van der Waals surface area contributed by atoms with Crippen LogP contribution in [0.25, 0.3) is 0 Å². The van der Waals surface area contributed by atoms with Crippen molar-refractivity contribution in [1.29, 1.82) is 5.26 Å². The van der Waals surface area contributed by atoms with Gasteiger partial charge in [0, 0.05) is 6.04 Å². The molecule has 0 aromatic carbocycles. The van der Waals surface area contributed by atoms with Crippen molar-refractivity contribution in [2.24, 2.45) is 5.73 Å². The molecule has 0 aliphatic carbocycles. The molecule has 0 saturated carbocycles. The zero-order valence-corrected chi connectivity index (χ0v) is 7.54. The predicted octanol–water partition coefficient (Wildman–Crippen LogP) is 1.36. The molecule has 0 fully saturated rings. The Morgan fingerprint density at radius 1 is 1.85 bits per heavy atom. The summed E-state index contributed by atoms with van der Waals surface area (Å²) in [7, 11) is 0. The van der Waals surface area contributed by atoms with Crippen LogP contribution in [0.4, 0.5) is 0 Å². The topological polar surface area (TPSA) is 87.1 Å². The van der Waals surface area contributed by atoms with E-state index in [9.17, 15) is 4.79 Å². The Morgan fingerprint density at radius 2 is 2.54 bits per heavy atom. The molecule has 1 atom stereocenters. The number of nitrogens with zero attached hydrogens (tertiary/aromatic N) is 1. The van der Waals surface area contributed by atoms with Crippen LogP contribution in [0.3, 0.4) is 0 Å². The molecule has 0 spiro atoms. The maximum absolute atomic E-state index is 10.7. The number of hydrogen-bond acceptors (Lipinski definition) is 4. The van der Waals surface area contributed by atoms with Crippen molar-refractivity contribution in [1.82, 2.24) is 0 Å². The highest BCUT2D eigenvalue weighted by Crippen LogP contribution is 2.23. The Balaban J connectivity index is 2.94. The lowest BCUT2D eigenvalue weighted by molar-refractivity contribution is 0.0700. The third-order valence-corrected chi connectivity index (χ3v) is 2.52. The molecule has 0 aliphatic rings. The van der Waals surface area contributed by atoms with Crippen LogP contribution >= 0.6 is 11.3 Å². The van der Waals surface area contributed by atoms with E-state index in [2.05, 4.69) is 0 Å². The molecule has 0 unspecified atom stereocenters. The van der Waals surface area contributed by atoms with Crippen LogP contribution in [0.15, 0.2) is 11.4 Å². The van der Waals surface area contributed by atoms with E-state index in [1.165, 1.54) is 0 Å². The summed E-state index contributed by atoms with van der Waals surface area (Å²) < 4.78 is 0. The Bertz CT molecular complexity index is 353. The first kappa shape index (κ1) is 9.71. The number of thiophene rings is 1. The first-order valence-electron chi connectivity index (χ1n) is 3.60. The fourth-order valence-corrected chi connectivity index (χ4v) is 1.80. The van der Waals surface area contributed by atoms with Crippen LogP contribution in [-0.4, -0.2) is 11.1 Å². The molecule has 1 heterocycles. The minimum absolute atomic E-state index is 0.136. The number of nitrogens with two attached hydrogens (primary N) is 1. The SMILES string of the molecule is N#CC[C@@H](N)c1ccsc1C(=O)O. The minimum Gasteiger partial charge on any atom is -0.477 e. The van der Waals surface area contributed by atoms with Crippen LogP contribution in [0.5, 0.6) is 0 Å². The molecular formula is C8H8N2O2S. The van der Waals surface area contributed by atoms with Crippen LogP contribution in [0.2, 0.25) is 0 Å². The van der Waals surface area contributed by atoms with Crippen LogP contribution in [0.1, 0.15) is 27.7 Å². The van der Waals surface area contributed by atoms with Crippen molar-refractivity contribution in [2.45, 2.75) is 12.5 Å². The van der Waals surface area contributed by atoms with Gasteiger partial charge in [-0.25, -0.2) is 4.79 Å². The second kappa shape index (κ2) is 4.03. The van der Waals surface area contributed by atoms with E-state index in [-0.39, 0.29) is 11.3 Å². The lowest BCUT2D eigenvalue weighted by atomic mass is 10.1.